The van der Waals surface area contributed by atoms with Gasteiger partial charge in [-0.3, -0.25) is 4.79 Å². The summed E-state index contributed by atoms with van der Waals surface area (Å²) < 4.78 is 13.6. The van der Waals surface area contributed by atoms with Gasteiger partial charge >= 0.3 is 0 Å². The molecule has 2 atom stereocenters. The average molecular weight is 481 g/mol. The number of rotatable bonds is 5. The molecule has 7 heteroatoms. The Balaban J connectivity index is 1.92. The Hall–Kier alpha value is -2.80. The van der Waals surface area contributed by atoms with E-state index in [-0.39, 0.29) is 23.7 Å². The van der Waals surface area contributed by atoms with Gasteiger partial charge in [-0.1, -0.05) is 19.9 Å². The van der Waals surface area contributed by atoms with Crippen molar-refractivity contribution in [2.45, 2.75) is 66.0 Å². The lowest BCUT2D eigenvalue weighted by molar-refractivity contribution is -0.136. The first-order valence-corrected chi connectivity index (χ1v) is 12.8. The topological polar surface area (TPSA) is 48.8 Å². The number of hydrogen-bond acceptors (Lipinski definition) is 4. The molecule has 0 bridgehead atoms. The van der Waals surface area contributed by atoms with Crippen LogP contribution in [0.2, 0.25) is 0 Å². The summed E-state index contributed by atoms with van der Waals surface area (Å²) >= 11 is 1.54. The Morgan fingerprint density at radius 3 is 2.53 bits per heavy atom. The molecule has 0 N–H and O–H groups in total. The van der Waals surface area contributed by atoms with Gasteiger partial charge in [0.2, 0.25) is 0 Å². The number of aliphatic imine (C=N–C) groups is 1. The fourth-order valence-corrected chi connectivity index (χ4v) is 5.86. The third-order valence-corrected chi connectivity index (χ3v) is 7.87. The van der Waals surface area contributed by atoms with Crippen molar-refractivity contribution in [3.05, 3.63) is 57.8 Å². The number of amides is 1. The predicted molar refractivity (Wildman–Crippen MR) is 138 cm³/mol. The summed E-state index contributed by atoms with van der Waals surface area (Å²) in [5.74, 6) is 0.963. The van der Waals surface area contributed by atoms with E-state index < -0.39 is 5.54 Å². The third kappa shape index (κ3) is 3.80. The summed E-state index contributed by atoms with van der Waals surface area (Å²) in [6.07, 6.45) is 3.63. The smallest absolute Gasteiger partial charge is 0.253 e. The van der Waals surface area contributed by atoms with Crippen LogP contribution in [0.3, 0.4) is 0 Å². The van der Waals surface area contributed by atoms with Gasteiger partial charge in [-0.2, -0.15) is 0 Å². The monoisotopic (exact) mass is 480 g/mol. The third-order valence-electron chi connectivity index (χ3n) is 7.04. The molecule has 1 saturated carbocycles. The molecule has 1 aromatic heterocycles. The lowest BCUT2D eigenvalue weighted by Gasteiger charge is -2.46. The minimum absolute atomic E-state index is 0.109. The van der Waals surface area contributed by atoms with Crippen LogP contribution in [0.25, 0.3) is 17.0 Å². The van der Waals surface area contributed by atoms with E-state index in [9.17, 15) is 9.18 Å². The van der Waals surface area contributed by atoms with E-state index in [0.29, 0.717) is 0 Å². The molecule has 2 aromatic rings. The van der Waals surface area contributed by atoms with E-state index in [0.717, 1.165) is 51.8 Å². The summed E-state index contributed by atoms with van der Waals surface area (Å²) in [4.78, 5) is 28.4. The van der Waals surface area contributed by atoms with Crippen molar-refractivity contribution in [1.29, 1.82) is 0 Å². The lowest BCUT2D eigenvalue weighted by Crippen LogP contribution is -2.62. The molecule has 1 unspecified atom stereocenters. The van der Waals surface area contributed by atoms with E-state index in [4.69, 9.17) is 4.99 Å². The van der Waals surface area contributed by atoms with Crippen molar-refractivity contribution < 1.29 is 9.18 Å². The molecule has 180 valence electrons. The molecule has 1 aromatic carbocycles. The van der Waals surface area contributed by atoms with Crippen molar-refractivity contribution in [3.8, 4) is 11.3 Å². The van der Waals surface area contributed by atoms with Crippen LogP contribution >= 0.6 is 11.3 Å². The van der Waals surface area contributed by atoms with Crippen molar-refractivity contribution in [2.24, 2.45) is 10.9 Å². The molecule has 1 spiro atoms. The standard InChI is InChI=1S/C27H33FN4OS/c1-8-17(5)22(24-23(29-15-34-24)19-10-12-20(28)13-11-19)30-25-21(9-2)31(7)26(33)27(14-18(27)6)32(25)16(3)4/h9-13,15-16,18H,8,14H2,1-7H3/b21-9+,22-17+,30-25-/t18-,27?/m0/s1. The van der Waals surface area contributed by atoms with Crippen molar-refractivity contribution >= 4 is 28.8 Å². The SMILES string of the molecule is C\C=C1/C(=N/C(=C(\C)CC)c2scnc2-c2ccc(F)cc2)N(C(C)C)C2(C[C@@H]2C)C(=O)N1C. The highest BCUT2D eigenvalue weighted by molar-refractivity contribution is 7.11. The number of nitrogens with zero attached hydrogens (tertiary/aromatic N) is 4. The first-order chi connectivity index (χ1) is 16.2. The van der Waals surface area contributed by atoms with E-state index >= 15 is 0 Å². The largest absolute Gasteiger partial charge is 0.337 e. The van der Waals surface area contributed by atoms with E-state index in [1.54, 1.807) is 17.0 Å². The van der Waals surface area contributed by atoms with Crippen LogP contribution in [0, 0.1) is 11.7 Å². The van der Waals surface area contributed by atoms with Crippen LogP contribution in [-0.4, -0.2) is 45.2 Å². The minimum Gasteiger partial charge on any atom is -0.337 e. The van der Waals surface area contributed by atoms with Gasteiger partial charge in [0, 0.05) is 18.7 Å². The number of aromatic nitrogens is 1. The van der Waals surface area contributed by atoms with E-state index in [2.05, 4.69) is 44.5 Å². The number of allylic oxidation sites excluding steroid dienone is 2. The van der Waals surface area contributed by atoms with Gasteiger partial charge in [-0.25, -0.2) is 14.4 Å². The highest BCUT2D eigenvalue weighted by atomic mass is 32.1. The Kier molecular flexibility index (Phi) is 6.51. The number of benzene rings is 1. The summed E-state index contributed by atoms with van der Waals surface area (Å²) in [5.41, 5.74) is 5.76. The average Bonchev–Trinajstić information content (AvgIpc) is 3.23. The Bertz CT molecular complexity index is 1190. The van der Waals surface area contributed by atoms with Gasteiger partial charge in [-0.15, -0.1) is 11.3 Å². The summed E-state index contributed by atoms with van der Waals surface area (Å²) in [6.45, 7) is 12.6. The number of thiazole rings is 1. The molecule has 5 nitrogen and oxygen atoms in total. The second kappa shape index (κ2) is 9.10. The van der Waals surface area contributed by atoms with Gasteiger partial charge in [0.05, 0.1) is 27.5 Å². The van der Waals surface area contributed by atoms with Crippen LogP contribution < -0.4 is 0 Å². The van der Waals surface area contributed by atoms with Gasteiger partial charge in [0.15, 0.2) is 5.84 Å². The zero-order chi connectivity index (χ0) is 24.8. The highest BCUT2D eigenvalue weighted by Crippen LogP contribution is 2.53. The van der Waals surface area contributed by atoms with Crippen LogP contribution in [0.15, 0.2) is 52.1 Å². The van der Waals surface area contributed by atoms with Crippen LogP contribution in [0.4, 0.5) is 4.39 Å². The first kappa shape index (κ1) is 24.3. The Morgan fingerprint density at radius 2 is 2.00 bits per heavy atom. The Morgan fingerprint density at radius 1 is 1.35 bits per heavy atom. The molecule has 2 fully saturated rings. The quantitative estimate of drug-likeness (QED) is 0.501. The van der Waals surface area contributed by atoms with Gasteiger partial charge in [0.25, 0.3) is 5.91 Å². The molecular weight excluding hydrogens is 447 g/mol. The molecule has 1 aliphatic heterocycles. The fraction of sp³-hybridized carbons (Fsp3) is 0.444. The maximum absolute atomic E-state index is 13.6. The molecule has 4 rings (SSSR count). The molecule has 1 aliphatic carbocycles. The number of amidine groups is 1. The second-order valence-corrected chi connectivity index (χ2v) is 10.3. The molecule has 1 amide bonds. The zero-order valence-electron chi connectivity index (χ0n) is 21.0. The van der Waals surface area contributed by atoms with E-state index in [1.807, 2.05) is 25.6 Å². The van der Waals surface area contributed by atoms with Crippen LogP contribution in [0.1, 0.15) is 59.3 Å². The summed E-state index contributed by atoms with van der Waals surface area (Å²) in [7, 11) is 1.85. The van der Waals surface area contributed by atoms with Crippen LogP contribution in [0.5, 0.6) is 0 Å². The van der Waals surface area contributed by atoms with Crippen molar-refractivity contribution in [3.63, 3.8) is 0 Å². The number of piperazine rings is 1. The van der Waals surface area contributed by atoms with E-state index in [1.165, 1.54) is 23.5 Å². The van der Waals surface area contributed by atoms with Gasteiger partial charge in [-0.05, 0) is 76.3 Å². The maximum Gasteiger partial charge on any atom is 0.253 e. The minimum atomic E-state index is -0.535. The lowest BCUT2D eigenvalue weighted by atomic mass is 10.0. The van der Waals surface area contributed by atoms with Crippen LogP contribution in [-0.2, 0) is 4.79 Å². The van der Waals surface area contributed by atoms with Crippen molar-refractivity contribution in [1.82, 2.24) is 14.8 Å². The normalized spacial score (nSPS) is 25.7. The highest BCUT2D eigenvalue weighted by Gasteiger charge is 2.66. The Labute approximate surface area is 205 Å². The number of likely N-dealkylation sites (N-methyl/N-ethyl adjacent to an activating group) is 1. The van der Waals surface area contributed by atoms with Crippen molar-refractivity contribution in [2.75, 3.05) is 7.05 Å². The number of hydrogen-bond donors (Lipinski definition) is 0. The molecule has 1 saturated heterocycles. The second-order valence-electron chi connectivity index (χ2n) is 9.49. The first-order valence-electron chi connectivity index (χ1n) is 11.9. The summed E-state index contributed by atoms with van der Waals surface area (Å²) in [6, 6.07) is 6.53. The zero-order valence-corrected chi connectivity index (χ0v) is 21.8. The molecular formula is C27H33FN4OS. The molecule has 0 radical (unpaired) electrons. The van der Waals surface area contributed by atoms with Gasteiger partial charge in [0.1, 0.15) is 11.4 Å². The predicted octanol–water partition coefficient (Wildman–Crippen LogP) is 6.35. The molecule has 2 aliphatic rings. The molecule has 34 heavy (non-hydrogen) atoms. The maximum atomic E-state index is 13.6. The number of carbonyl (C=O) groups is 1. The fourth-order valence-electron chi connectivity index (χ4n) is 4.99. The number of halogens is 1. The van der Waals surface area contributed by atoms with Gasteiger partial charge < -0.3 is 9.80 Å². The number of carbonyl (C=O) groups excluding carboxylic acids is 1. The molecule has 2 heterocycles. The summed E-state index contributed by atoms with van der Waals surface area (Å²) in [5, 5.41) is 0.